The molecule has 0 radical (unpaired) electrons. The van der Waals surface area contributed by atoms with Crippen LogP contribution >= 0.6 is 11.6 Å². The number of amides is 1. The van der Waals surface area contributed by atoms with Crippen LogP contribution in [0.5, 0.6) is 11.5 Å². The maximum atomic E-state index is 12.3. The summed E-state index contributed by atoms with van der Waals surface area (Å²) in [4.78, 5) is 12.3. The first kappa shape index (κ1) is 19.7. The van der Waals surface area contributed by atoms with E-state index < -0.39 is 10.0 Å². The molecule has 1 aromatic carbocycles. The molecule has 7 nitrogen and oxygen atoms in total. The van der Waals surface area contributed by atoms with Crippen LogP contribution < -0.4 is 19.1 Å². The molecule has 0 bridgehead atoms. The number of nitrogens with one attached hydrogen (secondary N) is 1. The fourth-order valence-corrected chi connectivity index (χ4v) is 3.98. The predicted molar refractivity (Wildman–Crippen MR) is 97.1 cm³/mol. The Kier molecular flexibility index (Phi) is 6.40. The van der Waals surface area contributed by atoms with E-state index in [0.717, 1.165) is 36.2 Å². The summed E-state index contributed by atoms with van der Waals surface area (Å²) in [6.45, 7) is -0.337. The van der Waals surface area contributed by atoms with Crippen molar-refractivity contribution in [2.24, 2.45) is 0 Å². The molecule has 1 saturated carbocycles. The minimum absolute atomic E-state index is 0.107. The molecule has 140 valence electrons. The average molecular weight is 391 g/mol. The van der Waals surface area contributed by atoms with Gasteiger partial charge in [0, 0.05) is 18.2 Å². The first-order valence-electron chi connectivity index (χ1n) is 7.95. The Balaban J connectivity index is 2.32. The van der Waals surface area contributed by atoms with Crippen molar-refractivity contribution in [3.63, 3.8) is 0 Å². The number of anilines is 1. The zero-order valence-corrected chi connectivity index (χ0v) is 16.1. The van der Waals surface area contributed by atoms with Crippen LogP contribution in [0, 0.1) is 0 Å². The van der Waals surface area contributed by atoms with Gasteiger partial charge < -0.3 is 14.8 Å². The lowest BCUT2D eigenvalue weighted by atomic mass is 10.2. The van der Waals surface area contributed by atoms with Crippen molar-refractivity contribution < 1.29 is 22.7 Å². The zero-order chi connectivity index (χ0) is 18.6. The average Bonchev–Trinajstić information content (AvgIpc) is 3.04. The topological polar surface area (TPSA) is 84.9 Å². The molecule has 1 aliphatic rings. The summed E-state index contributed by atoms with van der Waals surface area (Å²) in [6, 6.07) is 3.02. The van der Waals surface area contributed by atoms with Gasteiger partial charge in [-0.25, -0.2) is 8.42 Å². The van der Waals surface area contributed by atoms with Crippen LogP contribution in [-0.2, 0) is 14.8 Å². The van der Waals surface area contributed by atoms with Gasteiger partial charge in [0.15, 0.2) is 0 Å². The molecule has 2 rings (SSSR count). The molecule has 1 aromatic rings. The number of benzene rings is 1. The monoisotopic (exact) mass is 390 g/mol. The van der Waals surface area contributed by atoms with E-state index in [4.69, 9.17) is 21.1 Å². The summed E-state index contributed by atoms with van der Waals surface area (Å²) in [5, 5.41) is 3.17. The van der Waals surface area contributed by atoms with Gasteiger partial charge in [0.2, 0.25) is 15.9 Å². The second-order valence-corrected chi connectivity index (χ2v) is 8.29. The lowest BCUT2D eigenvalue weighted by Gasteiger charge is -2.25. The Labute approximate surface area is 153 Å². The van der Waals surface area contributed by atoms with Crippen molar-refractivity contribution in [1.82, 2.24) is 5.32 Å². The number of nitrogens with zero attached hydrogens (tertiary/aromatic N) is 1. The molecule has 0 atom stereocenters. The number of carbonyl (C=O) groups excluding carboxylic acids is 1. The van der Waals surface area contributed by atoms with Gasteiger partial charge in [-0.1, -0.05) is 24.4 Å². The first-order valence-corrected chi connectivity index (χ1v) is 10.2. The van der Waals surface area contributed by atoms with Crippen molar-refractivity contribution in [2.75, 3.05) is 31.3 Å². The molecular weight excluding hydrogens is 368 g/mol. The molecular formula is C16H23ClN2O5S. The van der Waals surface area contributed by atoms with Crippen molar-refractivity contribution in [3.8, 4) is 11.5 Å². The molecule has 9 heteroatoms. The van der Waals surface area contributed by atoms with Crippen LogP contribution in [0.2, 0.25) is 5.02 Å². The first-order chi connectivity index (χ1) is 11.8. The van der Waals surface area contributed by atoms with Gasteiger partial charge in [0.1, 0.15) is 18.0 Å². The summed E-state index contributed by atoms with van der Waals surface area (Å²) in [5.74, 6) is 0.181. The number of sulfonamides is 1. The summed E-state index contributed by atoms with van der Waals surface area (Å²) in [7, 11) is -0.894. The summed E-state index contributed by atoms with van der Waals surface area (Å²) in [6.07, 6.45) is 5.02. The maximum absolute atomic E-state index is 12.3. The third-order valence-electron chi connectivity index (χ3n) is 4.13. The minimum Gasteiger partial charge on any atom is -0.495 e. The highest BCUT2D eigenvalue weighted by atomic mass is 35.5. The quantitative estimate of drug-likeness (QED) is 0.771. The van der Waals surface area contributed by atoms with Gasteiger partial charge in [-0.05, 0) is 12.8 Å². The Morgan fingerprint density at radius 1 is 1.24 bits per heavy atom. The summed E-state index contributed by atoms with van der Waals surface area (Å²) in [5.41, 5.74) is 0.202. The van der Waals surface area contributed by atoms with E-state index in [1.165, 1.54) is 26.4 Å². The molecule has 0 spiro atoms. The number of methoxy groups -OCH3 is 2. The summed E-state index contributed by atoms with van der Waals surface area (Å²) < 4.78 is 35.9. The SMILES string of the molecule is COc1cc(N(CC(=O)NC2CCCC2)S(C)(=O)=O)c(OC)cc1Cl. The van der Waals surface area contributed by atoms with E-state index in [-0.39, 0.29) is 35.0 Å². The van der Waals surface area contributed by atoms with Crippen molar-refractivity contribution in [2.45, 2.75) is 31.7 Å². The van der Waals surface area contributed by atoms with Gasteiger partial charge in [0.05, 0.1) is 31.2 Å². The van der Waals surface area contributed by atoms with Gasteiger partial charge in [-0.2, -0.15) is 0 Å². The van der Waals surface area contributed by atoms with E-state index in [1.54, 1.807) is 0 Å². The van der Waals surface area contributed by atoms with Crippen LogP contribution in [0.25, 0.3) is 0 Å². The van der Waals surface area contributed by atoms with E-state index in [0.29, 0.717) is 5.75 Å². The largest absolute Gasteiger partial charge is 0.495 e. The fourth-order valence-electron chi connectivity index (χ4n) is 2.89. The lowest BCUT2D eigenvalue weighted by molar-refractivity contribution is -0.120. The number of halogens is 1. The van der Waals surface area contributed by atoms with Crippen molar-refractivity contribution in [3.05, 3.63) is 17.2 Å². The molecule has 0 heterocycles. The molecule has 1 N–H and O–H groups in total. The highest BCUT2D eigenvalue weighted by Gasteiger charge is 2.27. The normalized spacial score (nSPS) is 15.0. The van der Waals surface area contributed by atoms with Gasteiger partial charge in [-0.3, -0.25) is 9.10 Å². The molecule has 1 aliphatic carbocycles. The second-order valence-electron chi connectivity index (χ2n) is 5.98. The van der Waals surface area contributed by atoms with Gasteiger partial charge >= 0.3 is 0 Å². The Bertz CT molecular complexity index is 732. The number of rotatable bonds is 7. The molecule has 0 aliphatic heterocycles. The van der Waals surface area contributed by atoms with E-state index in [1.807, 2.05) is 0 Å². The van der Waals surface area contributed by atoms with Crippen LogP contribution in [0.3, 0.4) is 0 Å². The Morgan fingerprint density at radius 3 is 2.36 bits per heavy atom. The standard InChI is InChI=1S/C16H23ClN2O5S/c1-23-14-9-13(15(24-2)8-12(14)17)19(25(3,21)22)10-16(20)18-11-6-4-5-7-11/h8-9,11H,4-7,10H2,1-3H3,(H,18,20). The fraction of sp³-hybridized carbons (Fsp3) is 0.562. The van der Waals surface area contributed by atoms with Crippen molar-refractivity contribution >= 4 is 33.2 Å². The van der Waals surface area contributed by atoms with E-state index >= 15 is 0 Å². The van der Waals surface area contributed by atoms with Crippen LogP contribution in [0.4, 0.5) is 5.69 Å². The third-order valence-corrected chi connectivity index (χ3v) is 5.55. The minimum atomic E-state index is -3.72. The number of ether oxygens (including phenoxy) is 2. The zero-order valence-electron chi connectivity index (χ0n) is 14.5. The lowest BCUT2D eigenvalue weighted by Crippen LogP contribution is -2.43. The van der Waals surface area contributed by atoms with Crippen molar-refractivity contribution in [1.29, 1.82) is 0 Å². The highest BCUT2D eigenvalue weighted by Crippen LogP contribution is 2.38. The molecule has 25 heavy (non-hydrogen) atoms. The second kappa shape index (κ2) is 8.14. The molecule has 0 saturated heterocycles. The van der Waals surface area contributed by atoms with E-state index in [2.05, 4.69) is 5.32 Å². The Morgan fingerprint density at radius 2 is 1.84 bits per heavy atom. The maximum Gasteiger partial charge on any atom is 0.240 e. The van der Waals surface area contributed by atoms with E-state index in [9.17, 15) is 13.2 Å². The predicted octanol–water partition coefficient (Wildman–Crippen LogP) is 2.18. The van der Waals surface area contributed by atoms with Gasteiger partial charge in [0.25, 0.3) is 0 Å². The molecule has 1 amide bonds. The summed E-state index contributed by atoms with van der Waals surface area (Å²) >= 11 is 6.07. The molecule has 0 unspecified atom stereocenters. The van der Waals surface area contributed by atoms with Crippen LogP contribution in [0.1, 0.15) is 25.7 Å². The number of carbonyl (C=O) groups is 1. The van der Waals surface area contributed by atoms with Gasteiger partial charge in [-0.15, -0.1) is 0 Å². The molecule has 0 aromatic heterocycles. The third kappa shape index (κ3) is 4.92. The van der Waals surface area contributed by atoms with Crippen LogP contribution in [0.15, 0.2) is 12.1 Å². The van der Waals surface area contributed by atoms with Crippen LogP contribution in [-0.4, -0.2) is 47.4 Å². The number of hydrogen-bond acceptors (Lipinski definition) is 5. The molecule has 1 fully saturated rings. The highest BCUT2D eigenvalue weighted by molar-refractivity contribution is 7.92. The smallest absolute Gasteiger partial charge is 0.240 e. The number of hydrogen-bond donors (Lipinski definition) is 1. The Hall–Kier alpha value is -1.67.